The summed E-state index contributed by atoms with van der Waals surface area (Å²) in [5, 5.41) is 6.83. The first-order valence-corrected chi connectivity index (χ1v) is 8.91. The zero-order chi connectivity index (χ0) is 19.2. The maximum Gasteiger partial charge on any atom is 0.261 e. The Bertz CT molecular complexity index is 901. The van der Waals surface area contributed by atoms with Gasteiger partial charge in [-0.25, -0.2) is 0 Å². The summed E-state index contributed by atoms with van der Waals surface area (Å²) in [6.45, 7) is 6.39. The molecule has 0 bridgehead atoms. The average molecular weight is 365 g/mol. The molecule has 3 aromatic rings. The number of nitrogens with one attached hydrogen (secondary N) is 1. The Kier molecular flexibility index (Phi) is 5.86. The Morgan fingerprint density at radius 1 is 1.15 bits per heavy atom. The van der Waals surface area contributed by atoms with E-state index in [9.17, 15) is 4.79 Å². The van der Waals surface area contributed by atoms with E-state index < -0.39 is 0 Å². The molecule has 1 N–H and O–H groups in total. The van der Waals surface area contributed by atoms with Crippen LogP contribution in [0.1, 0.15) is 36.7 Å². The molecule has 2 aromatic carbocycles. The predicted octanol–water partition coefficient (Wildman–Crippen LogP) is 3.86. The number of ether oxygens (including phenoxy) is 1. The van der Waals surface area contributed by atoms with Gasteiger partial charge in [-0.15, -0.1) is 0 Å². The van der Waals surface area contributed by atoms with Gasteiger partial charge in [-0.2, -0.15) is 4.98 Å². The van der Waals surface area contributed by atoms with Crippen molar-refractivity contribution in [3.8, 4) is 17.2 Å². The van der Waals surface area contributed by atoms with Crippen LogP contribution in [-0.2, 0) is 11.3 Å². The lowest BCUT2D eigenvalue weighted by molar-refractivity contribution is -0.123. The highest BCUT2D eigenvalue weighted by Gasteiger charge is 2.16. The van der Waals surface area contributed by atoms with Crippen molar-refractivity contribution >= 4 is 5.91 Å². The van der Waals surface area contributed by atoms with Crippen LogP contribution in [0.15, 0.2) is 53.1 Å². The molecule has 0 radical (unpaired) electrons. The number of benzene rings is 2. The van der Waals surface area contributed by atoms with E-state index in [1.165, 1.54) is 5.56 Å². The fraction of sp³-hybridized carbons (Fsp3) is 0.286. The minimum Gasteiger partial charge on any atom is -0.483 e. The van der Waals surface area contributed by atoms with Crippen molar-refractivity contribution in [2.45, 2.75) is 33.2 Å². The summed E-state index contributed by atoms with van der Waals surface area (Å²) in [6, 6.07) is 15.3. The Morgan fingerprint density at radius 3 is 2.59 bits per heavy atom. The molecule has 1 aromatic heterocycles. The number of carbonyl (C=O) groups excluding carboxylic acids is 1. The molecule has 0 saturated carbocycles. The molecular weight excluding hydrogens is 342 g/mol. The third-order valence-corrected chi connectivity index (χ3v) is 4.04. The zero-order valence-corrected chi connectivity index (χ0v) is 15.7. The lowest BCUT2D eigenvalue weighted by atomic mass is 10.1. The van der Waals surface area contributed by atoms with Gasteiger partial charge in [0.05, 0.1) is 5.56 Å². The highest BCUT2D eigenvalue weighted by molar-refractivity contribution is 5.77. The smallest absolute Gasteiger partial charge is 0.261 e. The minimum absolute atomic E-state index is 0.0892. The van der Waals surface area contributed by atoms with Crippen LogP contribution in [0.5, 0.6) is 5.75 Å². The van der Waals surface area contributed by atoms with Crippen molar-refractivity contribution in [2.75, 3.05) is 6.61 Å². The lowest BCUT2D eigenvalue weighted by Crippen LogP contribution is -2.28. The van der Waals surface area contributed by atoms with Crippen LogP contribution in [-0.4, -0.2) is 22.7 Å². The molecule has 1 amide bonds. The Morgan fingerprint density at radius 2 is 1.89 bits per heavy atom. The van der Waals surface area contributed by atoms with Crippen LogP contribution in [0, 0.1) is 6.92 Å². The van der Waals surface area contributed by atoms with Gasteiger partial charge in [-0.1, -0.05) is 61.0 Å². The van der Waals surface area contributed by atoms with Crippen molar-refractivity contribution in [1.82, 2.24) is 15.5 Å². The van der Waals surface area contributed by atoms with Gasteiger partial charge in [0.15, 0.2) is 12.4 Å². The standard InChI is InChI=1S/C21H23N3O3/c1-14(2)20-23-21(27-24-20)17-6-4-5-7-18(17)26-13-19(25)22-12-16-10-8-15(3)9-11-16/h4-11,14H,12-13H2,1-3H3,(H,22,25). The third kappa shape index (κ3) is 4.94. The summed E-state index contributed by atoms with van der Waals surface area (Å²) in [4.78, 5) is 16.5. The summed E-state index contributed by atoms with van der Waals surface area (Å²) < 4.78 is 11.0. The van der Waals surface area contributed by atoms with Crippen molar-refractivity contribution in [1.29, 1.82) is 0 Å². The lowest BCUT2D eigenvalue weighted by Gasteiger charge is -2.10. The van der Waals surface area contributed by atoms with E-state index in [4.69, 9.17) is 9.26 Å². The van der Waals surface area contributed by atoms with E-state index in [2.05, 4.69) is 15.5 Å². The topological polar surface area (TPSA) is 77.2 Å². The van der Waals surface area contributed by atoms with Crippen LogP contribution >= 0.6 is 0 Å². The van der Waals surface area contributed by atoms with E-state index in [1.54, 1.807) is 6.07 Å². The molecule has 0 saturated heterocycles. The van der Waals surface area contributed by atoms with Gasteiger partial charge in [-0.05, 0) is 24.6 Å². The zero-order valence-electron chi connectivity index (χ0n) is 15.7. The second-order valence-electron chi connectivity index (χ2n) is 6.66. The summed E-state index contributed by atoms with van der Waals surface area (Å²) in [5.41, 5.74) is 2.90. The quantitative estimate of drug-likeness (QED) is 0.688. The molecule has 6 nitrogen and oxygen atoms in total. The van der Waals surface area contributed by atoms with E-state index in [0.29, 0.717) is 29.6 Å². The van der Waals surface area contributed by atoms with Crippen molar-refractivity contribution in [2.24, 2.45) is 0 Å². The number of amides is 1. The molecule has 140 valence electrons. The number of nitrogens with zero attached hydrogens (tertiary/aromatic N) is 2. The molecule has 0 aliphatic carbocycles. The Labute approximate surface area is 158 Å². The van der Waals surface area contributed by atoms with Crippen molar-refractivity contribution in [3.05, 3.63) is 65.5 Å². The SMILES string of the molecule is Cc1ccc(CNC(=O)COc2ccccc2-c2nc(C(C)C)no2)cc1. The van der Waals surface area contributed by atoms with Gasteiger partial charge in [-0.3, -0.25) is 4.79 Å². The fourth-order valence-electron chi connectivity index (χ4n) is 2.45. The molecule has 0 spiro atoms. The van der Waals surface area contributed by atoms with E-state index in [1.807, 2.05) is 63.2 Å². The maximum atomic E-state index is 12.1. The molecule has 27 heavy (non-hydrogen) atoms. The Hall–Kier alpha value is -3.15. The summed E-state index contributed by atoms with van der Waals surface area (Å²) >= 11 is 0. The van der Waals surface area contributed by atoms with Gasteiger partial charge in [0.1, 0.15) is 5.75 Å². The molecule has 0 aliphatic rings. The molecule has 0 aliphatic heterocycles. The first-order valence-electron chi connectivity index (χ1n) is 8.91. The molecule has 0 fully saturated rings. The number of hydrogen-bond donors (Lipinski definition) is 1. The first kappa shape index (κ1) is 18.6. The number of hydrogen-bond acceptors (Lipinski definition) is 5. The molecular formula is C21H23N3O3. The number of para-hydroxylation sites is 1. The van der Waals surface area contributed by atoms with Crippen LogP contribution in [0.2, 0.25) is 0 Å². The van der Waals surface area contributed by atoms with E-state index >= 15 is 0 Å². The summed E-state index contributed by atoms with van der Waals surface area (Å²) in [7, 11) is 0. The first-order chi connectivity index (χ1) is 13.0. The minimum atomic E-state index is -0.196. The van der Waals surface area contributed by atoms with E-state index in [-0.39, 0.29) is 18.4 Å². The largest absolute Gasteiger partial charge is 0.483 e. The number of rotatable bonds is 7. The predicted molar refractivity (Wildman–Crippen MR) is 102 cm³/mol. The van der Waals surface area contributed by atoms with Crippen molar-refractivity contribution < 1.29 is 14.1 Å². The normalized spacial score (nSPS) is 10.8. The highest BCUT2D eigenvalue weighted by atomic mass is 16.5. The average Bonchev–Trinajstić information content (AvgIpc) is 3.16. The molecule has 0 atom stereocenters. The number of aromatic nitrogens is 2. The van der Waals surface area contributed by atoms with Crippen LogP contribution in [0.25, 0.3) is 11.5 Å². The fourth-order valence-corrected chi connectivity index (χ4v) is 2.45. The summed E-state index contributed by atoms with van der Waals surface area (Å²) in [5.74, 6) is 1.52. The number of aryl methyl sites for hydroxylation is 1. The molecule has 6 heteroatoms. The van der Waals surface area contributed by atoms with Gasteiger partial charge in [0.2, 0.25) is 0 Å². The van der Waals surface area contributed by atoms with Gasteiger partial charge in [0.25, 0.3) is 11.8 Å². The van der Waals surface area contributed by atoms with Crippen LogP contribution in [0.4, 0.5) is 0 Å². The highest BCUT2D eigenvalue weighted by Crippen LogP contribution is 2.29. The van der Waals surface area contributed by atoms with Crippen LogP contribution in [0.3, 0.4) is 0 Å². The van der Waals surface area contributed by atoms with Gasteiger partial charge in [0, 0.05) is 12.5 Å². The van der Waals surface area contributed by atoms with Gasteiger partial charge >= 0.3 is 0 Å². The second kappa shape index (κ2) is 8.49. The van der Waals surface area contributed by atoms with Crippen molar-refractivity contribution in [3.63, 3.8) is 0 Å². The third-order valence-electron chi connectivity index (χ3n) is 4.04. The molecule has 0 unspecified atom stereocenters. The second-order valence-corrected chi connectivity index (χ2v) is 6.66. The van der Waals surface area contributed by atoms with E-state index in [0.717, 1.165) is 5.56 Å². The maximum absolute atomic E-state index is 12.1. The molecule has 3 rings (SSSR count). The Balaban J connectivity index is 1.60. The van der Waals surface area contributed by atoms with Crippen LogP contribution < -0.4 is 10.1 Å². The monoisotopic (exact) mass is 365 g/mol. The van der Waals surface area contributed by atoms with Gasteiger partial charge < -0.3 is 14.6 Å². The number of carbonyl (C=O) groups is 1. The summed E-state index contributed by atoms with van der Waals surface area (Å²) in [6.07, 6.45) is 0. The molecule has 1 heterocycles.